The third kappa shape index (κ3) is 6.96. The second-order valence-electron chi connectivity index (χ2n) is 5.74. The van der Waals surface area contributed by atoms with Crippen molar-refractivity contribution in [1.29, 1.82) is 5.41 Å². The zero-order chi connectivity index (χ0) is 20.4. The number of amides is 1. The molecule has 0 saturated carbocycles. The first kappa shape index (κ1) is 21.9. The van der Waals surface area contributed by atoms with Crippen LogP contribution < -0.4 is 0 Å². The fraction of sp³-hybridized carbons (Fsp3) is 0.444. The van der Waals surface area contributed by atoms with E-state index in [0.29, 0.717) is 17.9 Å². The van der Waals surface area contributed by atoms with Crippen molar-refractivity contribution >= 4 is 24.0 Å². The van der Waals surface area contributed by atoms with E-state index in [0.717, 1.165) is 10.5 Å². The minimum atomic E-state index is -1.19. The Bertz CT molecular complexity index is 664. The van der Waals surface area contributed by atoms with Gasteiger partial charge < -0.3 is 19.6 Å². The molecule has 1 rings (SSSR count). The molecule has 1 aromatic rings. The van der Waals surface area contributed by atoms with Gasteiger partial charge in [-0.15, -0.1) is 0 Å². The summed E-state index contributed by atoms with van der Waals surface area (Å²) < 4.78 is 4.79. The summed E-state index contributed by atoms with van der Waals surface area (Å²) in [5.74, 6) is -2.53. The number of guanidine groups is 1. The highest BCUT2D eigenvalue weighted by Gasteiger charge is 2.31. The van der Waals surface area contributed by atoms with Crippen molar-refractivity contribution in [3.8, 4) is 0 Å². The molecular weight excluding hydrogens is 354 g/mol. The van der Waals surface area contributed by atoms with E-state index in [4.69, 9.17) is 20.1 Å². The van der Waals surface area contributed by atoms with E-state index in [1.807, 2.05) is 30.3 Å². The molecule has 1 atom stereocenters. The summed E-state index contributed by atoms with van der Waals surface area (Å²) in [4.78, 5) is 41.1. The second kappa shape index (κ2) is 10.8. The predicted molar refractivity (Wildman–Crippen MR) is 96.9 cm³/mol. The molecule has 0 aliphatic heterocycles. The van der Waals surface area contributed by atoms with Gasteiger partial charge in [-0.05, 0) is 32.3 Å². The Labute approximate surface area is 157 Å². The SMILES string of the molecule is CCOC(=O)N(OC(=O)CCCc1ccccc1)C(=N)N(C)C(C)C(=O)O. The van der Waals surface area contributed by atoms with Crippen molar-refractivity contribution in [2.24, 2.45) is 0 Å². The molecule has 1 amide bonds. The number of nitrogens with zero attached hydrogens (tertiary/aromatic N) is 2. The van der Waals surface area contributed by atoms with Crippen LogP contribution in [0.5, 0.6) is 0 Å². The van der Waals surface area contributed by atoms with Gasteiger partial charge >= 0.3 is 18.0 Å². The Morgan fingerprint density at radius 1 is 1.22 bits per heavy atom. The van der Waals surface area contributed by atoms with Gasteiger partial charge in [-0.1, -0.05) is 35.4 Å². The molecule has 0 fully saturated rings. The molecule has 0 aliphatic rings. The summed E-state index contributed by atoms with van der Waals surface area (Å²) in [6.45, 7) is 2.90. The Balaban J connectivity index is 2.70. The van der Waals surface area contributed by atoms with Crippen LogP contribution in [0.1, 0.15) is 32.3 Å². The Morgan fingerprint density at radius 2 is 1.85 bits per heavy atom. The quantitative estimate of drug-likeness (QED) is 0.423. The van der Waals surface area contributed by atoms with Crippen molar-refractivity contribution < 1.29 is 29.1 Å². The minimum Gasteiger partial charge on any atom is -0.480 e. The van der Waals surface area contributed by atoms with Crippen molar-refractivity contribution in [2.45, 2.75) is 39.2 Å². The second-order valence-corrected chi connectivity index (χ2v) is 5.74. The smallest absolute Gasteiger partial charge is 0.451 e. The molecular formula is C18H25N3O6. The van der Waals surface area contributed by atoms with Crippen molar-refractivity contribution in [2.75, 3.05) is 13.7 Å². The van der Waals surface area contributed by atoms with Crippen LogP contribution in [-0.4, -0.2) is 58.8 Å². The normalized spacial score (nSPS) is 11.2. The average molecular weight is 379 g/mol. The van der Waals surface area contributed by atoms with Crippen molar-refractivity contribution in [3.63, 3.8) is 0 Å². The zero-order valence-electron chi connectivity index (χ0n) is 15.7. The highest BCUT2D eigenvalue weighted by molar-refractivity contribution is 5.94. The molecule has 27 heavy (non-hydrogen) atoms. The number of hydroxylamine groups is 2. The van der Waals surface area contributed by atoms with Crippen LogP contribution in [-0.2, 0) is 25.6 Å². The maximum absolute atomic E-state index is 12.1. The molecule has 9 heteroatoms. The highest BCUT2D eigenvalue weighted by Crippen LogP contribution is 2.09. The van der Waals surface area contributed by atoms with Gasteiger partial charge in [0.05, 0.1) is 6.61 Å². The summed E-state index contributed by atoms with van der Waals surface area (Å²) >= 11 is 0. The van der Waals surface area contributed by atoms with E-state index in [2.05, 4.69) is 0 Å². The van der Waals surface area contributed by atoms with Gasteiger partial charge in [0, 0.05) is 13.5 Å². The molecule has 0 bridgehead atoms. The molecule has 148 valence electrons. The van der Waals surface area contributed by atoms with E-state index in [1.54, 1.807) is 6.92 Å². The number of benzene rings is 1. The first-order valence-electron chi connectivity index (χ1n) is 8.53. The van der Waals surface area contributed by atoms with Crippen LogP contribution >= 0.6 is 0 Å². The van der Waals surface area contributed by atoms with Gasteiger partial charge in [0.15, 0.2) is 0 Å². The number of aryl methyl sites for hydroxylation is 1. The third-order valence-corrected chi connectivity index (χ3v) is 3.78. The van der Waals surface area contributed by atoms with Crippen LogP contribution in [0.2, 0.25) is 0 Å². The molecule has 0 heterocycles. The van der Waals surface area contributed by atoms with Crippen LogP contribution in [0.15, 0.2) is 30.3 Å². The van der Waals surface area contributed by atoms with Gasteiger partial charge in [0.2, 0.25) is 5.96 Å². The molecule has 0 saturated heterocycles. The Kier molecular flexibility index (Phi) is 8.77. The number of hydrogen-bond donors (Lipinski definition) is 2. The van der Waals surface area contributed by atoms with E-state index >= 15 is 0 Å². The number of rotatable bonds is 7. The van der Waals surface area contributed by atoms with Crippen molar-refractivity contribution in [1.82, 2.24) is 9.96 Å². The fourth-order valence-corrected chi connectivity index (χ4v) is 2.07. The lowest BCUT2D eigenvalue weighted by Gasteiger charge is -2.29. The number of hydrogen-bond acceptors (Lipinski definition) is 6. The number of nitrogens with one attached hydrogen (secondary N) is 1. The minimum absolute atomic E-state index is 0.00632. The topological polar surface area (TPSA) is 120 Å². The fourth-order valence-electron chi connectivity index (χ4n) is 2.07. The summed E-state index contributed by atoms with van der Waals surface area (Å²) in [6.07, 6.45) is 0.107. The molecule has 1 unspecified atom stereocenters. The molecule has 9 nitrogen and oxygen atoms in total. The maximum Gasteiger partial charge on any atom is 0.451 e. The molecule has 2 N–H and O–H groups in total. The van der Waals surface area contributed by atoms with E-state index in [9.17, 15) is 14.4 Å². The van der Waals surface area contributed by atoms with Gasteiger partial charge in [-0.3, -0.25) is 5.41 Å². The Morgan fingerprint density at radius 3 is 2.41 bits per heavy atom. The maximum atomic E-state index is 12.1. The van der Waals surface area contributed by atoms with Gasteiger partial charge in [0.1, 0.15) is 6.04 Å². The number of aliphatic carboxylic acids is 1. The third-order valence-electron chi connectivity index (χ3n) is 3.78. The predicted octanol–water partition coefficient (Wildman–Crippen LogP) is 2.27. The van der Waals surface area contributed by atoms with Crippen LogP contribution in [0.3, 0.4) is 0 Å². The molecule has 0 aromatic heterocycles. The number of carboxylic acids is 1. The van der Waals surface area contributed by atoms with Gasteiger partial charge in [0.25, 0.3) is 0 Å². The average Bonchev–Trinajstić information content (AvgIpc) is 2.65. The monoisotopic (exact) mass is 379 g/mol. The molecule has 0 radical (unpaired) electrons. The van der Waals surface area contributed by atoms with Crippen molar-refractivity contribution in [3.05, 3.63) is 35.9 Å². The summed E-state index contributed by atoms with van der Waals surface area (Å²) in [7, 11) is 1.30. The summed E-state index contributed by atoms with van der Waals surface area (Å²) in [5.41, 5.74) is 1.07. The first-order valence-corrected chi connectivity index (χ1v) is 8.53. The lowest BCUT2D eigenvalue weighted by Crippen LogP contribution is -2.51. The lowest BCUT2D eigenvalue weighted by atomic mass is 10.1. The highest BCUT2D eigenvalue weighted by atomic mass is 16.8. The van der Waals surface area contributed by atoms with E-state index < -0.39 is 30.0 Å². The molecule has 1 aromatic carbocycles. The lowest BCUT2D eigenvalue weighted by molar-refractivity contribution is -0.169. The first-order chi connectivity index (χ1) is 12.8. The number of carbonyl (C=O) groups is 3. The summed E-state index contributed by atoms with van der Waals surface area (Å²) in [5, 5.41) is 17.4. The molecule has 0 aliphatic carbocycles. The largest absolute Gasteiger partial charge is 0.480 e. The number of ether oxygens (including phenoxy) is 1. The standard InChI is InChI=1S/C18H25N3O6/c1-4-26-18(25)21(17(19)20(3)13(2)16(23)24)27-15(22)12-8-11-14-9-6-5-7-10-14/h5-7,9-10,13,19H,4,8,11-12H2,1-3H3,(H,23,24). The van der Waals surface area contributed by atoms with Crippen LogP contribution in [0.4, 0.5) is 4.79 Å². The number of carboxylic acid groups (broad SMARTS) is 1. The molecule has 0 spiro atoms. The zero-order valence-corrected chi connectivity index (χ0v) is 15.7. The number of likely N-dealkylation sites (N-methyl/N-ethyl adjacent to an activating group) is 1. The van der Waals surface area contributed by atoms with E-state index in [1.165, 1.54) is 14.0 Å². The summed E-state index contributed by atoms with van der Waals surface area (Å²) in [6, 6.07) is 8.47. The van der Waals surface area contributed by atoms with Crippen LogP contribution in [0.25, 0.3) is 0 Å². The van der Waals surface area contributed by atoms with Gasteiger partial charge in [-0.2, -0.15) is 0 Å². The van der Waals surface area contributed by atoms with Gasteiger partial charge in [-0.25, -0.2) is 14.4 Å². The number of carbonyl (C=O) groups excluding carboxylic acids is 2. The Hall–Kier alpha value is -3.10. The van der Waals surface area contributed by atoms with E-state index in [-0.39, 0.29) is 13.0 Å². The van der Waals surface area contributed by atoms with Crippen LogP contribution in [0, 0.1) is 5.41 Å².